The van der Waals surface area contributed by atoms with Crippen LogP contribution in [0.15, 0.2) is 18.2 Å². The largest absolute Gasteiger partial charge is 1.00 e. The topological polar surface area (TPSA) is 18.5 Å². The zero-order chi connectivity index (χ0) is 15.4. The van der Waals surface area contributed by atoms with Crippen molar-refractivity contribution in [1.82, 2.24) is 0 Å². The first-order valence-electron chi connectivity index (χ1n) is 5.67. The van der Waals surface area contributed by atoms with Gasteiger partial charge in [0, 0.05) is 0 Å². The maximum atomic E-state index is 12.5. The molecule has 0 fully saturated rings. The summed E-state index contributed by atoms with van der Waals surface area (Å²) in [5.41, 5.74) is -0.485. The Kier molecular flexibility index (Phi) is 8.89. The summed E-state index contributed by atoms with van der Waals surface area (Å²) in [4.78, 5) is 0. The van der Waals surface area contributed by atoms with E-state index in [-0.39, 0.29) is 75.9 Å². The molecule has 0 N–H and O–H groups in total. The van der Waals surface area contributed by atoms with Crippen molar-refractivity contribution in [1.29, 1.82) is 0 Å². The Balaban J connectivity index is 0.00000400. The summed E-state index contributed by atoms with van der Waals surface area (Å²) in [5.74, 6) is 0.185. The third-order valence-electron chi connectivity index (χ3n) is 2.33. The van der Waals surface area contributed by atoms with Crippen LogP contribution in [0, 0.1) is 6.92 Å². The number of ether oxygens (including phenoxy) is 2. The second-order valence-electron chi connectivity index (χ2n) is 4.12. The van der Waals surface area contributed by atoms with Gasteiger partial charge in [0.15, 0.2) is 0 Å². The molecule has 0 aliphatic heterocycles. The molecule has 0 radical (unpaired) electrons. The number of hydrogen-bond acceptors (Lipinski definition) is 2. The average Bonchev–Trinajstić information content (AvgIpc) is 2.27. The van der Waals surface area contributed by atoms with E-state index >= 15 is 0 Å². The van der Waals surface area contributed by atoms with Crippen LogP contribution in [0.5, 0.6) is 5.75 Å². The van der Waals surface area contributed by atoms with E-state index in [2.05, 4.69) is 4.74 Å². The van der Waals surface area contributed by atoms with Crippen molar-refractivity contribution >= 4 is 12.4 Å². The van der Waals surface area contributed by atoms with Gasteiger partial charge < -0.3 is 22.4 Å². The molecule has 0 unspecified atom stereocenters. The van der Waals surface area contributed by atoms with Crippen LogP contribution in [0.2, 0.25) is 0 Å². The average molecular weight is 340 g/mol. The standard InChI is InChI=1S/C11H12BF6O2.K/c1-8-6-9(12(16,17)18)2-3-10(8)20-5-4-19-7-11(13,14)15;/h2-3,6H,4-5,7H2,1H3;/q-1;+1. The summed E-state index contributed by atoms with van der Waals surface area (Å²) < 4.78 is 82.0. The van der Waals surface area contributed by atoms with Crippen LogP contribution in [0.1, 0.15) is 5.56 Å². The summed E-state index contributed by atoms with van der Waals surface area (Å²) in [6.45, 7) is -5.51. The zero-order valence-corrected chi connectivity index (χ0v) is 14.6. The quantitative estimate of drug-likeness (QED) is 0.413. The Bertz CT molecular complexity index is 449. The van der Waals surface area contributed by atoms with Gasteiger partial charge in [0.2, 0.25) is 0 Å². The van der Waals surface area contributed by atoms with E-state index in [1.54, 1.807) is 0 Å². The fraction of sp³-hybridized carbons (Fsp3) is 0.455. The molecule has 0 atom stereocenters. The van der Waals surface area contributed by atoms with Crippen molar-refractivity contribution in [3.8, 4) is 5.75 Å². The molecule has 0 heterocycles. The van der Waals surface area contributed by atoms with Gasteiger partial charge in [0.1, 0.15) is 19.0 Å². The molecule has 1 aromatic carbocycles. The van der Waals surface area contributed by atoms with Gasteiger partial charge in [0.05, 0.1) is 6.61 Å². The molecule has 0 amide bonds. The fourth-order valence-electron chi connectivity index (χ4n) is 1.44. The summed E-state index contributed by atoms with van der Waals surface area (Å²) in [6.07, 6.45) is -4.41. The molecular weight excluding hydrogens is 328 g/mol. The third-order valence-corrected chi connectivity index (χ3v) is 2.33. The van der Waals surface area contributed by atoms with E-state index < -0.39 is 25.2 Å². The predicted octanol–water partition coefficient (Wildman–Crippen LogP) is 0.0111. The summed E-state index contributed by atoms with van der Waals surface area (Å²) in [6, 6.07) is 2.95. The van der Waals surface area contributed by atoms with Crippen molar-refractivity contribution in [2.24, 2.45) is 0 Å². The molecule has 10 heteroatoms. The molecular formula is C11H12BF6KO2. The molecule has 1 rings (SSSR count). The minimum Gasteiger partial charge on any atom is -0.491 e. The third kappa shape index (κ3) is 8.46. The Labute approximate surface area is 160 Å². The second-order valence-corrected chi connectivity index (χ2v) is 4.12. The number of hydrogen-bond donors (Lipinski definition) is 0. The summed E-state index contributed by atoms with van der Waals surface area (Å²) in [5, 5.41) is 0. The van der Waals surface area contributed by atoms with Gasteiger partial charge in [-0.05, 0) is 18.6 Å². The van der Waals surface area contributed by atoms with Gasteiger partial charge in [-0.15, -0.1) is 5.46 Å². The summed E-state index contributed by atoms with van der Waals surface area (Å²) in [7, 11) is 0. The molecule has 0 saturated carbocycles. The molecule has 0 spiro atoms. The van der Waals surface area contributed by atoms with Crippen LogP contribution in [0.3, 0.4) is 0 Å². The number of rotatable bonds is 6. The number of alkyl halides is 3. The van der Waals surface area contributed by atoms with E-state index in [1.165, 1.54) is 6.92 Å². The molecule has 2 nitrogen and oxygen atoms in total. The second kappa shape index (κ2) is 8.78. The maximum absolute atomic E-state index is 12.5. The van der Waals surface area contributed by atoms with Crippen LogP contribution in [0.4, 0.5) is 26.1 Å². The molecule has 21 heavy (non-hydrogen) atoms. The van der Waals surface area contributed by atoms with Gasteiger partial charge in [0.25, 0.3) is 0 Å². The van der Waals surface area contributed by atoms with Crippen LogP contribution in [-0.2, 0) is 4.74 Å². The molecule has 114 valence electrons. The van der Waals surface area contributed by atoms with E-state index in [0.717, 1.165) is 18.2 Å². The van der Waals surface area contributed by atoms with Crippen LogP contribution in [-0.4, -0.2) is 33.0 Å². The number of halogens is 6. The Hall–Kier alpha value is 0.261. The Morgan fingerprint density at radius 2 is 1.71 bits per heavy atom. The van der Waals surface area contributed by atoms with Gasteiger partial charge >= 0.3 is 64.5 Å². The van der Waals surface area contributed by atoms with E-state index in [4.69, 9.17) is 4.74 Å². The Morgan fingerprint density at radius 1 is 1.10 bits per heavy atom. The first-order chi connectivity index (χ1) is 9.09. The molecule has 0 aliphatic carbocycles. The van der Waals surface area contributed by atoms with Gasteiger partial charge in [-0.3, -0.25) is 0 Å². The summed E-state index contributed by atoms with van der Waals surface area (Å²) >= 11 is 0. The van der Waals surface area contributed by atoms with Gasteiger partial charge in [-0.25, -0.2) is 0 Å². The fourth-order valence-corrected chi connectivity index (χ4v) is 1.44. The van der Waals surface area contributed by atoms with Crippen molar-refractivity contribution in [2.45, 2.75) is 13.1 Å². The van der Waals surface area contributed by atoms with Gasteiger partial charge in [-0.2, -0.15) is 13.2 Å². The van der Waals surface area contributed by atoms with Crippen LogP contribution >= 0.6 is 0 Å². The predicted molar refractivity (Wildman–Crippen MR) is 62.3 cm³/mol. The van der Waals surface area contributed by atoms with Crippen molar-refractivity contribution in [3.63, 3.8) is 0 Å². The van der Waals surface area contributed by atoms with Crippen molar-refractivity contribution in [2.75, 3.05) is 19.8 Å². The number of aryl methyl sites for hydroxylation is 1. The molecule has 0 saturated heterocycles. The Morgan fingerprint density at radius 3 is 2.19 bits per heavy atom. The van der Waals surface area contributed by atoms with Gasteiger partial charge in [-0.1, -0.05) is 12.1 Å². The maximum Gasteiger partial charge on any atom is 1.00 e. The van der Waals surface area contributed by atoms with E-state index in [0.29, 0.717) is 0 Å². The normalized spacial score (nSPS) is 12.0. The van der Waals surface area contributed by atoms with Crippen molar-refractivity contribution in [3.05, 3.63) is 23.8 Å². The van der Waals surface area contributed by atoms with E-state index in [1.807, 2.05) is 0 Å². The van der Waals surface area contributed by atoms with E-state index in [9.17, 15) is 26.1 Å². The molecule has 0 aliphatic rings. The first kappa shape index (κ1) is 21.3. The smallest absolute Gasteiger partial charge is 0.491 e. The SMILES string of the molecule is Cc1cc([B-](F)(F)F)ccc1OCCOCC(F)(F)F.[K+]. The molecule has 0 aromatic heterocycles. The minimum absolute atomic E-state index is 0. The monoisotopic (exact) mass is 340 g/mol. The minimum atomic E-state index is -5.08. The van der Waals surface area contributed by atoms with Crippen molar-refractivity contribution < 1.29 is 87.0 Å². The molecule has 0 bridgehead atoms. The molecule has 1 aromatic rings. The zero-order valence-electron chi connectivity index (χ0n) is 11.5. The number of benzene rings is 1. The van der Waals surface area contributed by atoms with Crippen LogP contribution < -0.4 is 61.6 Å². The first-order valence-corrected chi connectivity index (χ1v) is 5.67. The van der Waals surface area contributed by atoms with Crippen LogP contribution in [0.25, 0.3) is 0 Å².